The summed E-state index contributed by atoms with van der Waals surface area (Å²) in [6, 6.07) is 0.314. The summed E-state index contributed by atoms with van der Waals surface area (Å²) in [4.78, 5) is 21.7. The van der Waals surface area contributed by atoms with Crippen molar-refractivity contribution in [3.05, 3.63) is 0 Å². The SMILES string of the molecule is CCNC(=NCCN(C)CC)NC1CCN(C(=O)C2CCCCC2)C1. The molecule has 1 heterocycles. The second kappa shape index (κ2) is 10.6. The predicted octanol–water partition coefficient (Wildman–Crippen LogP) is 1.67. The molecule has 0 aromatic heterocycles. The van der Waals surface area contributed by atoms with Gasteiger partial charge in [0.15, 0.2) is 5.96 Å². The fraction of sp³-hybridized carbons (Fsp3) is 0.895. The molecule has 1 saturated carbocycles. The summed E-state index contributed by atoms with van der Waals surface area (Å²) in [6.07, 6.45) is 6.91. The number of rotatable bonds is 7. The van der Waals surface area contributed by atoms with Gasteiger partial charge in [-0.3, -0.25) is 9.79 Å². The van der Waals surface area contributed by atoms with Crippen molar-refractivity contribution in [3.63, 3.8) is 0 Å². The van der Waals surface area contributed by atoms with Crippen LogP contribution in [0, 0.1) is 5.92 Å². The summed E-state index contributed by atoms with van der Waals surface area (Å²) in [7, 11) is 2.11. The lowest BCUT2D eigenvalue weighted by Gasteiger charge is -2.26. The monoisotopic (exact) mass is 351 g/mol. The van der Waals surface area contributed by atoms with Crippen LogP contribution < -0.4 is 10.6 Å². The molecule has 144 valence electrons. The molecule has 2 aliphatic rings. The van der Waals surface area contributed by atoms with Crippen molar-refractivity contribution >= 4 is 11.9 Å². The van der Waals surface area contributed by atoms with E-state index in [-0.39, 0.29) is 5.92 Å². The van der Waals surface area contributed by atoms with Gasteiger partial charge in [-0.25, -0.2) is 0 Å². The third-order valence-corrected chi connectivity index (χ3v) is 5.43. The van der Waals surface area contributed by atoms with E-state index in [9.17, 15) is 4.79 Å². The highest BCUT2D eigenvalue weighted by molar-refractivity contribution is 5.81. The Morgan fingerprint density at radius 3 is 2.64 bits per heavy atom. The van der Waals surface area contributed by atoms with E-state index in [4.69, 9.17) is 0 Å². The summed E-state index contributed by atoms with van der Waals surface area (Å²) < 4.78 is 0. The first-order chi connectivity index (χ1) is 12.1. The molecule has 0 radical (unpaired) electrons. The highest BCUT2D eigenvalue weighted by atomic mass is 16.2. The van der Waals surface area contributed by atoms with Crippen LogP contribution in [0.15, 0.2) is 4.99 Å². The largest absolute Gasteiger partial charge is 0.357 e. The molecule has 1 saturated heterocycles. The van der Waals surface area contributed by atoms with E-state index in [0.29, 0.717) is 11.9 Å². The lowest BCUT2D eigenvalue weighted by Crippen LogP contribution is -2.45. The van der Waals surface area contributed by atoms with E-state index < -0.39 is 0 Å². The van der Waals surface area contributed by atoms with E-state index in [1.54, 1.807) is 0 Å². The number of hydrogen-bond donors (Lipinski definition) is 2. The topological polar surface area (TPSA) is 60.0 Å². The van der Waals surface area contributed by atoms with Gasteiger partial charge in [0.2, 0.25) is 5.91 Å². The van der Waals surface area contributed by atoms with E-state index in [1.165, 1.54) is 19.3 Å². The van der Waals surface area contributed by atoms with Crippen molar-refractivity contribution in [2.24, 2.45) is 10.9 Å². The molecule has 25 heavy (non-hydrogen) atoms. The second-order valence-electron chi connectivity index (χ2n) is 7.41. The molecular weight excluding hydrogens is 314 g/mol. The molecule has 6 nitrogen and oxygen atoms in total. The van der Waals surface area contributed by atoms with Gasteiger partial charge in [-0.05, 0) is 39.8 Å². The molecule has 1 aliphatic carbocycles. The maximum Gasteiger partial charge on any atom is 0.225 e. The summed E-state index contributed by atoms with van der Waals surface area (Å²) >= 11 is 0. The number of aliphatic imine (C=N–C) groups is 1. The van der Waals surface area contributed by atoms with Crippen LogP contribution in [0.2, 0.25) is 0 Å². The first kappa shape index (κ1) is 20.0. The van der Waals surface area contributed by atoms with Crippen LogP contribution in [0.1, 0.15) is 52.4 Å². The summed E-state index contributed by atoms with van der Waals surface area (Å²) in [5.41, 5.74) is 0. The Labute approximate surface area is 153 Å². The zero-order valence-corrected chi connectivity index (χ0v) is 16.4. The molecule has 0 aromatic carbocycles. The molecule has 0 bridgehead atoms. The molecule has 2 fully saturated rings. The van der Waals surface area contributed by atoms with E-state index >= 15 is 0 Å². The number of carbonyl (C=O) groups excluding carboxylic acids is 1. The molecule has 2 rings (SSSR count). The molecule has 0 spiro atoms. The molecule has 6 heteroatoms. The van der Waals surface area contributed by atoms with Gasteiger partial charge in [0.1, 0.15) is 0 Å². The fourth-order valence-electron chi connectivity index (χ4n) is 3.69. The summed E-state index contributed by atoms with van der Waals surface area (Å²) in [5, 5.41) is 6.85. The van der Waals surface area contributed by atoms with Gasteiger partial charge in [0.05, 0.1) is 6.54 Å². The van der Waals surface area contributed by atoms with Crippen molar-refractivity contribution in [3.8, 4) is 0 Å². The predicted molar refractivity (Wildman–Crippen MR) is 104 cm³/mol. The highest BCUT2D eigenvalue weighted by Crippen LogP contribution is 2.26. The fourth-order valence-corrected chi connectivity index (χ4v) is 3.69. The van der Waals surface area contributed by atoms with Crippen molar-refractivity contribution in [1.82, 2.24) is 20.4 Å². The number of hydrogen-bond acceptors (Lipinski definition) is 3. The average Bonchev–Trinajstić information content (AvgIpc) is 3.10. The van der Waals surface area contributed by atoms with Crippen LogP contribution in [-0.2, 0) is 4.79 Å². The van der Waals surface area contributed by atoms with Gasteiger partial charge in [-0.1, -0.05) is 26.2 Å². The average molecular weight is 352 g/mol. The van der Waals surface area contributed by atoms with Crippen molar-refractivity contribution < 1.29 is 4.79 Å². The Kier molecular flexibility index (Phi) is 8.52. The number of nitrogens with zero attached hydrogens (tertiary/aromatic N) is 3. The van der Waals surface area contributed by atoms with Gasteiger partial charge in [-0.15, -0.1) is 0 Å². The molecule has 1 aliphatic heterocycles. The third-order valence-electron chi connectivity index (χ3n) is 5.43. The Morgan fingerprint density at radius 2 is 1.96 bits per heavy atom. The number of guanidine groups is 1. The van der Waals surface area contributed by atoms with Gasteiger partial charge in [0.25, 0.3) is 0 Å². The Morgan fingerprint density at radius 1 is 1.20 bits per heavy atom. The van der Waals surface area contributed by atoms with Gasteiger partial charge >= 0.3 is 0 Å². The number of likely N-dealkylation sites (tertiary alicyclic amines) is 1. The minimum absolute atomic E-state index is 0.277. The molecule has 1 amide bonds. The van der Waals surface area contributed by atoms with Crippen molar-refractivity contribution in [1.29, 1.82) is 0 Å². The molecular formula is C19H37N5O. The Bertz CT molecular complexity index is 434. The first-order valence-corrected chi connectivity index (χ1v) is 10.2. The third kappa shape index (κ3) is 6.49. The lowest BCUT2D eigenvalue weighted by atomic mass is 9.88. The highest BCUT2D eigenvalue weighted by Gasteiger charge is 2.31. The van der Waals surface area contributed by atoms with Crippen LogP contribution in [0.4, 0.5) is 0 Å². The first-order valence-electron chi connectivity index (χ1n) is 10.2. The standard InChI is InChI=1S/C19H37N5O/c1-4-20-19(21-12-14-23(3)5-2)22-17-11-13-24(15-17)18(25)16-9-7-6-8-10-16/h16-17H,4-15H2,1-3H3,(H2,20,21,22). The molecule has 0 aromatic rings. The zero-order valence-electron chi connectivity index (χ0n) is 16.4. The maximum atomic E-state index is 12.7. The van der Waals surface area contributed by atoms with Crippen molar-refractivity contribution in [2.45, 2.75) is 58.4 Å². The van der Waals surface area contributed by atoms with Crippen LogP contribution in [0.25, 0.3) is 0 Å². The van der Waals surface area contributed by atoms with Crippen molar-refractivity contribution in [2.75, 3.05) is 46.3 Å². The Balaban J connectivity index is 1.80. The lowest BCUT2D eigenvalue weighted by molar-refractivity contribution is -0.135. The van der Waals surface area contributed by atoms with Crippen LogP contribution >= 0.6 is 0 Å². The van der Waals surface area contributed by atoms with E-state index in [2.05, 4.69) is 46.3 Å². The number of nitrogens with one attached hydrogen (secondary N) is 2. The minimum Gasteiger partial charge on any atom is -0.357 e. The summed E-state index contributed by atoms with van der Waals surface area (Å²) in [6.45, 7) is 9.58. The molecule has 1 unspecified atom stereocenters. The van der Waals surface area contributed by atoms with Crippen LogP contribution in [0.5, 0.6) is 0 Å². The van der Waals surface area contributed by atoms with Gasteiger partial charge < -0.3 is 20.4 Å². The minimum atomic E-state index is 0.277. The number of amides is 1. The quantitative estimate of drug-likeness (QED) is 0.541. The molecule has 1 atom stereocenters. The number of carbonyl (C=O) groups is 1. The summed E-state index contributed by atoms with van der Waals surface area (Å²) in [5.74, 6) is 1.54. The number of likely N-dealkylation sites (N-methyl/N-ethyl adjacent to an activating group) is 1. The van der Waals surface area contributed by atoms with E-state index in [0.717, 1.165) is 64.5 Å². The second-order valence-corrected chi connectivity index (χ2v) is 7.41. The van der Waals surface area contributed by atoms with Gasteiger partial charge in [0, 0.05) is 38.1 Å². The Hall–Kier alpha value is -1.30. The smallest absolute Gasteiger partial charge is 0.225 e. The molecule has 2 N–H and O–H groups in total. The van der Waals surface area contributed by atoms with Crippen LogP contribution in [0.3, 0.4) is 0 Å². The van der Waals surface area contributed by atoms with Gasteiger partial charge in [-0.2, -0.15) is 0 Å². The normalized spacial score (nSPS) is 22.5. The maximum absolute atomic E-state index is 12.7. The van der Waals surface area contributed by atoms with Crippen LogP contribution in [-0.4, -0.2) is 74.0 Å². The van der Waals surface area contributed by atoms with E-state index in [1.807, 2.05) is 0 Å². The zero-order chi connectivity index (χ0) is 18.1.